The van der Waals surface area contributed by atoms with E-state index in [0.717, 1.165) is 11.6 Å². The van der Waals surface area contributed by atoms with Gasteiger partial charge in [-0.05, 0) is 18.8 Å². The Balaban J connectivity index is 2.52. The summed E-state index contributed by atoms with van der Waals surface area (Å²) in [7, 11) is 1.93. The first kappa shape index (κ1) is 9.43. The minimum absolute atomic E-state index is 0.206. The van der Waals surface area contributed by atoms with Crippen LogP contribution in [-0.4, -0.2) is 30.1 Å². The van der Waals surface area contributed by atoms with Crippen molar-refractivity contribution in [2.24, 2.45) is 11.8 Å². The predicted octanol–water partition coefficient (Wildman–Crippen LogP) is 1.78. The SMILES string of the molecule is C=[N+](C)C(C)C(=N)C1CCC1C. The van der Waals surface area contributed by atoms with Crippen LogP contribution in [0.1, 0.15) is 26.7 Å². The molecule has 2 heteroatoms. The molecule has 1 rings (SSSR count). The maximum absolute atomic E-state index is 7.93. The molecule has 3 unspecified atom stereocenters. The van der Waals surface area contributed by atoms with Crippen molar-refractivity contribution in [3.8, 4) is 0 Å². The summed E-state index contributed by atoms with van der Waals surface area (Å²) in [5, 5.41) is 7.93. The Morgan fingerprint density at radius 2 is 2.17 bits per heavy atom. The van der Waals surface area contributed by atoms with Crippen LogP contribution in [0.3, 0.4) is 0 Å². The van der Waals surface area contributed by atoms with Crippen LogP contribution >= 0.6 is 0 Å². The molecule has 0 heterocycles. The molecular formula is C10H19N2+. The molecule has 68 valence electrons. The van der Waals surface area contributed by atoms with Crippen LogP contribution in [0.4, 0.5) is 0 Å². The molecule has 0 radical (unpaired) electrons. The molecule has 1 aliphatic carbocycles. The molecule has 2 nitrogen and oxygen atoms in total. The first-order valence-corrected chi connectivity index (χ1v) is 4.65. The highest BCUT2D eigenvalue weighted by Gasteiger charge is 2.34. The fraction of sp³-hybridized carbons (Fsp3) is 0.800. The summed E-state index contributed by atoms with van der Waals surface area (Å²) >= 11 is 0. The Kier molecular flexibility index (Phi) is 2.65. The van der Waals surface area contributed by atoms with E-state index in [0.29, 0.717) is 5.92 Å². The zero-order valence-electron chi connectivity index (χ0n) is 8.30. The van der Waals surface area contributed by atoms with Gasteiger partial charge in [0.1, 0.15) is 13.8 Å². The molecule has 0 saturated heterocycles. The lowest BCUT2D eigenvalue weighted by Crippen LogP contribution is -2.40. The molecule has 0 aromatic heterocycles. The number of rotatable bonds is 3. The lowest BCUT2D eigenvalue weighted by atomic mass is 9.71. The molecule has 1 N–H and O–H groups in total. The molecule has 1 saturated carbocycles. The third-order valence-electron chi connectivity index (χ3n) is 3.13. The summed E-state index contributed by atoms with van der Waals surface area (Å²) in [5.74, 6) is 1.25. The zero-order valence-corrected chi connectivity index (χ0v) is 8.30. The fourth-order valence-electron chi connectivity index (χ4n) is 1.68. The highest BCUT2D eigenvalue weighted by Crippen LogP contribution is 2.35. The molecule has 0 aliphatic heterocycles. The van der Waals surface area contributed by atoms with Crippen molar-refractivity contribution in [3.63, 3.8) is 0 Å². The van der Waals surface area contributed by atoms with Gasteiger partial charge in [-0.1, -0.05) is 6.92 Å². The van der Waals surface area contributed by atoms with Gasteiger partial charge in [0.05, 0.1) is 5.71 Å². The Bertz CT molecular complexity index is 208. The van der Waals surface area contributed by atoms with Gasteiger partial charge in [0.15, 0.2) is 6.04 Å². The van der Waals surface area contributed by atoms with Gasteiger partial charge in [0.25, 0.3) is 0 Å². The summed E-state index contributed by atoms with van der Waals surface area (Å²) in [5.41, 5.74) is 0.867. The van der Waals surface area contributed by atoms with Crippen LogP contribution in [-0.2, 0) is 0 Å². The van der Waals surface area contributed by atoms with E-state index in [1.165, 1.54) is 12.8 Å². The van der Waals surface area contributed by atoms with Crippen molar-refractivity contribution in [2.45, 2.75) is 32.7 Å². The monoisotopic (exact) mass is 167 g/mol. The number of hydrogen-bond donors (Lipinski definition) is 1. The lowest BCUT2D eigenvalue weighted by Gasteiger charge is -2.34. The topological polar surface area (TPSA) is 26.9 Å². The van der Waals surface area contributed by atoms with E-state index >= 15 is 0 Å². The minimum atomic E-state index is 0.206. The van der Waals surface area contributed by atoms with Crippen molar-refractivity contribution in [2.75, 3.05) is 7.05 Å². The summed E-state index contributed by atoms with van der Waals surface area (Å²) in [6.45, 7) is 8.11. The molecule has 0 aromatic rings. The summed E-state index contributed by atoms with van der Waals surface area (Å²) in [6.07, 6.45) is 2.50. The summed E-state index contributed by atoms with van der Waals surface area (Å²) in [4.78, 5) is 0. The minimum Gasteiger partial charge on any atom is -0.302 e. The lowest BCUT2D eigenvalue weighted by molar-refractivity contribution is -0.507. The number of nitrogens with one attached hydrogen (secondary N) is 1. The zero-order chi connectivity index (χ0) is 9.30. The van der Waals surface area contributed by atoms with Crippen LogP contribution in [0.2, 0.25) is 0 Å². The summed E-state index contributed by atoms with van der Waals surface area (Å²) < 4.78 is 1.87. The molecule has 12 heavy (non-hydrogen) atoms. The Morgan fingerprint density at radius 1 is 1.58 bits per heavy atom. The normalized spacial score (nSPS) is 30.6. The van der Waals surface area contributed by atoms with E-state index in [1.807, 2.05) is 11.6 Å². The fourth-order valence-corrected chi connectivity index (χ4v) is 1.68. The van der Waals surface area contributed by atoms with Gasteiger partial charge < -0.3 is 5.41 Å². The maximum Gasteiger partial charge on any atom is 0.186 e. The first-order valence-electron chi connectivity index (χ1n) is 4.65. The first-order chi connectivity index (χ1) is 5.54. The van der Waals surface area contributed by atoms with E-state index in [-0.39, 0.29) is 6.04 Å². The standard InChI is InChI=1S/C10H19N2/c1-7-5-6-9(7)10(11)8(2)12(3)4/h7-9,11H,3,5-6H2,1-2,4H3/q+1. The highest BCUT2D eigenvalue weighted by atomic mass is 15.0. The second kappa shape index (κ2) is 3.38. The molecule has 0 spiro atoms. The van der Waals surface area contributed by atoms with Crippen LogP contribution < -0.4 is 0 Å². The summed E-state index contributed by atoms with van der Waals surface area (Å²) in [6, 6.07) is 0.206. The van der Waals surface area contributed by atoms with Gasteiger partial charge in [-0.2, -0.15) is 0 Å². The number of hydrogen-bond acceptors (Lipinski definition) is 1. The van der Waals surface area contributed by atoms with Crippen molar-refractivity contribution < 1.29 is 4.58 Å². The van der Waals surface area contributed by atoms with E-state index < -0.39 is 0 Å². The van der Waals surface area contributed by atoms with E-state index in [9.17, 15) is 0 Å². The van der Waals surface area contributed by atoms with E-state index in [2.05, 4.69) is 20.6 Å². The average Bonchev–Trinajstić information content (AvgIpc) is 2.00. The van der Waals surface area contributed by atoms with Crippen molar-refractivity contribution in [3.05, 3.63) is 0 Å². The van der Waals surface area contributed by atoms with Gasteiger partial charge in [0, 0.05) is 12.8 Å². The Hall–Kier alpha value is -0.660. The quantitative estimate of drug-likeness (QED) is 0.490. The third-order valence-corrected chi connectivity index (χ3v) is 3.13. The molecular weight excluding hydrogens is 148 g/mol. The van der Waals surface area contributed by atoms with Crippen molar-refractivity contribution in [1.82, 2.24) is 0 Å². The van der Waals surface area contributed by atoms with E-state index in [1.54, 1.807) is 0 Å². The Morgan fingerprint density at radius 3 is 2.42 bits per heavy atom. The smallest absolute Gasteiger partial charge is 0.186 e. The maximum atomic E-state index is 7.93. The molecule has 0 amide bonds. The highest BCUT2D eigenvalue weighted by molar-refractivity contribution is 5.88. The third kappa shape index (κ3) is 1.57. The second-order valence-corrected chi connectivity index (χ2v) is 4.05. The van der Waals surface area contributed by atoms with Crippen LogP contribution in [0.25, 0.3) is 0 Å². The van der Waals surface area contributed by atoms with Gasteiger partial charge in [0.2, 0.25) is 0 Å². The van der Waals surface area contributed by atoms with Crippen LogP contribution in [0, 0.1) is 17.2 Å². The van der Waals surface area contributed by atoms with Crippen LogP contribution in [0.5, 0.6) is 0 Å². The van der Waals surface area contributed by atoms with Gasteiger partial charge in [-0.15, -0.1) is 0 Å². The molecule has 0 aromatic carbocycles. The molecule has 0 bridgehead atoms. The van der Waals surface area contributed by atoms with Gasteiger partial charge in [-0.3, -0.25) is 0 Å². The largest absolute Gasteiger partial charge is 0.302 e. The molecule has 1 fully saturated rings. The molecule has 3 atom stereocenters. The van der Waals surface area contributed by atoms with Crippen LogP contribution in [0.15, 0.2) is 0 Å². The average molecular weight is 167 g/mol. The van der Waals surface area contributed by atoms with Crippen molar-refractivity contribution >= 4 is 12.4 Å². The van der Waals surface area contributed by atoms with Crippen molar-refractivity contribution in [1.29, 1.82) is 5.41 Å². The molecule has 1 aliphatic rings. The Labute approximate surface area is 74.8 Å². The number of nitrogens with zero attached hydrogens (tertiary/aromatic N) is 1. The van der Waals surface area contributed by atoms with Gasteiger partial charge in [-0.25, -0.2) is 4.58 Å². The second-order valence-electron chi connectivity index (χ2n) is 4.05. The van der Waals surface area contributed by atoms with Gasteiger partial charge >= 0.3 is 0 Å². The predicted molar refractivity (Wildman–Crippen MR) is 52.4 cm³/mol. The van der Waals surface area contributed by atoms with E-state index in [4.69, 9.17) is 5.41 Å².